The van der Waals surface area contributed by atoms with E-state index in [9.17, 15) is 18.0 Å². The van der Waals surface area contributed by atoms with Crippen LogP contribution >= 0.6 is 22.6 Å². The first-order chi connectivity index (χ1) is 10.7. The number of alkyl halides is 3. The summed E-state index contributed by atoms with van der Waals surface area (Å²) in [6.45, 7) is 0. The van der Waals surface area contributed by atoms with Crippen molar-refractivity contribution >= 4 is 39.9 Å². The van der Waals surface area contributed by atoms with Gasteiger partial charge in [-0.1, -0.05) is 0 Å². The number of amides is 1. The van der Waals surface area contributed by atoms with E-state index in [-0.39, 0.29) is 5.69 Å². The summed E-state index contributed by atoms with van der Waals surface area (Å²) in [4.78, 5) is 13.7. The minimum Gasteiger partial charge on any atom is -0.378 e. The minimum absolute atomic E-state index is 0.258. The lowest BCUT2D eigenvalue weighted by Crippen LogP contribution is -2.18. The second-order valence-electron chi connectivity index (χ2n) is 5.08. The molecular weight excluding hydrogens is 420 g/mol. The molecular formula is C16H14F3IN2O. The van der Waals surface area contributed by atoms with Crippen molar-refractivity contribution in [2.75, 3.05) is 24.3 Å². The molecule has 0 aromatic heterocycles. The molecule has 0 radical (unpaired) electrons. The number of hydrogen-bond acceptors (Lipinski definition) is 2. The number of carbonyl (C=O) groups excluding carboxylic acids is 1. The van der Waals surface area contributed by atoms with Gasteiger partial charge in [-0.15, -0.1) is 0 Å². The Bertz CT molecular complexity index is 712. The molecule has 3 nitrogen and oxygen atoms in total. The number of rotatable bonds is 3. The van der Waals surface area contributed by atoms with Gasteiger partial charge in [0.05, 0.1) is 11.3 Å². The van der Waals surface area contributed by atoms with Crippen LogP contribution in [-0.2, 0) is 6.18 Å². The normalized spacial score (nSPS) is 11.2. The molecule has 7 heteroatoms. The first kappa shape index (κ1) is 17.6. The molecule has 0 aliphatic rings. The van der Waals surface area contributed by atoms with E-state index in [0.29, 0.717) is 11.3 Å². The summed E-state index contributed by atoms with van der Waals surface area (Å²) in [5.41, 5.74) is -0.422. The van der Waals surface area contributed by atoms with Crippen molar-refractivity contribution in [3.05, 3.63) is 57.2 Å². The van der Waals surface area contributed by atoms with Gasteiger partial charge >= 0.3 is 6.18 Å². The fourth-order valence-corrected chi connectivity index (χ4v) is 2.31. The smallest absolute Gasteiger partial charge is 0.378 e. The van der Waals surface area contributed by atoms with Gasteiger partial charge in [0.15, 0.2) is 0 Å². The monoisotopic (exact) mass is 434 g/mol. The average molecular weight is 434 g/mol. The molecule has 2 aromatic rings. The lowest BCUT2D eigenvalue weighted by molar-refractivity contribution is -0.136. The predicted octanol–water partition coefficient (Wildman–Crippen LogP) is 4.63. The molecule has 0 heterocycles. The molecule has 1 amide bonds. The van der Waals surface area contributed by atoms with E-state index >= 15 is 0 Å². The van der Waals surface area contributed by atoms with Crippen molar-refractivity contribution < 1.29 is 18.0 Å². The Morgan fingerprint density at radius 2 is 1.70 bits per heavy atom. The Hall–Kier alpha value is -1.77. The lowest BCUT2D eigenvalue weighted by atomic mass is 10.1. The van der Waals surface area contributed by atoms with E-state index in [0.717, 1.165) is 9.64 Å². The maximum Gasteiger partial charge on any atom is 0.418 e. The van der Waals surface area contributed by atoms with Crippen molar-refractivity contribution in [3.63, 3.8) is 0 Å². The van der Waals surface area contributed by atoms with Crippen LogP contribution in [0.25, 0.3) is 0 Å². The first-order valence-electron chi connectivity index (χ1n) is 6.64. The molecule has 2 aromatic carbocycles. The van der Waals surface area contributed by atoms with Gasteiger partial charge in [-0.3, -0.25) is 4.79 Å². The van der Waals surface area contributed by atoms with Crippen LogP contribution in [-0.4, -0.2) is 20.0 Å². The minimum atomic E-state index is -4.55. The van der Waals surface area contributed by atoms with Crippen LogP contribution in [0.5, 0.6) is 0 Å². The van der Waals surface area contributed by atoms with E-state index in [1.165, 1.54) is 12.1 Å². The molecule has 0 aliphatic heterocycles. The molecule has 0 saturated carbocycles. The highest BCUT2D eigenvalue weighted by Crippen LogP contribution is 2.37. The maximum atomic E-state index is 13.2. The number of benzene rings is 2. The van der Waals surface area contributed by atoms with Crippen molar-refractivity contribution in [1.82, 2.24) is 0 Å². The number of carbonyl (C=O) groups is 1. The Morgan fingerprint density at radius 3 is 2.22 bits per heavy atom. The van der Waals surface area contributed by atoms with Gasteiger partial charge in [-0.2, -0.15) is 13.2 Å². The molecule has 2 rings (SSSR count). The third kappa shape index (κ3) is 4.37. The number of nitrogens with one attached hydrogen (secondary N) is 1. The lowest BCUT2D eigenvalue weighted by Gasteiger charge is -2.18. The molecule has 0 fully saturated rings. The topological polar surface area (TPSA) is 32.3 Å². The SMILES string of the molecule is CN(C)c1ccc(NC(=O)c2ccc(I)cc2)c(C(F)(F)F)c1. The number of halogens is 4. The van der Waals surface area contributed by atoms with Crippen LogP contribution in [0.4, 0.5) is 24.5 Å². The van der Waals surface area contributed by atoms with Gasteiger partial charge in [0, 0.05) is 28.9 Å². The van der Waals surface area contributed by atoms with Crippen molar-refractivity contribution in [2.24, 2.45) is 0 Å². The van der Waals surface area contributed by atoms with Gasteiger partial charge in [0.25, 0.3) is 5.91 Å². The third-order valence-electron chi connectivity index (χ3n) is 3.18. The molecule has 1 N–H and O–H groups in total. The number of anilines is 2. The second kappa shape index (κ2) is 6.77. The highest BCUT2D eigenvalue weighted by atomic mass is 127. The van der Waals surface area contributed by atoms with E-state index in [2.05, 4.69) is 27.9 Å². The van der Waals surface area contributed by atoms with Gasteiger partial charge < -0.3 is 10.2 Å². The van der Waals surface area contributed by atoms with Crippen molar-refractivity contribution in [1.29, 1.82) is 0 Å². The van der Waals surface area contributed by atoms with Crippen LogP contribution in [0.3, 0.4) is 0 Å². The van der Waals surface area contributed by atoms with Crippen LogP contribution in [0, 0.1) is 3.57 Å². The van der Waals surface area contributed by atoms with E-state index in [4.69, 9.17) is 0 Å². The maximum absolute atomic E-state index is 13.2. The summed E-state index contributed by atoms with van der Waals surface area (Å²) in [7, 11) is 3.30. The Balaban J connectivity index is 2.35. The predicted molar refractivity (Wildman–Crippen MR) is 92.9 cm³/mol. The van der Waals surface area contributed by atoms with Gasteiger partial charge in [-0.05, 0) is 65.1 Å². The Morgan fingerprint density at radius 1 is 1.09 bits per heavy atom. The van der Waals surface area contributed by atoms with Crippen molar-refractivity contribution in [3.8, 4) is 0 Å². The summed E-state index contributed by atoms with van der Waals surface area (Å²) in [6.07, 6.45) is -4.55. The van der Waals surface area contributed by atoms with Crippen molar-refractivity contribution in [2.45, 2.75) is 6.18 Å². The van der Waals surface area contributed by atoms with E-state index in [1.54, 1.807) is 43.3 Å². The fraction of sp³-hybridized carbons (Fsp3) is 0.188. The highest BCUT2D eigenvalue weighted by Gasteiger charge is 2.34. The zero-order chi connectivity index (χ0) is 17.2. The van der Waals surface area contributed by atoms with E-state index < -0.39 is 17.6 Å². The van der Waals surface area contributed by atoms with Gasteiger partial charge in [0.2, 0.25) is 0 Å². The van der Waals surface area contributed by atoms with Gasteiger partial charge in [-0.25, -0.2) is 0 Å². The summed E-state index contributed by atoms with van der Waals surface area (Å²) in [6, 6.07) is 10.4. The molecule has 0 bridgehead atoms. The molecule has 23 heavy (non-hydrogen) atoms. The van der Waals surface area contributed by atoms with Gasteiger partial charge in [0.1, 0.15) is 0 Å². The van der Waals surface area contributed by atoms with Crippen LogP contribution in [0.1, 0.15) is 15.9 Å². The summed E-state index contributed by atoms with van der Waals surface area (Å²) in [5, 5.41) is 2.34. The van der Waals surface area contributed by atoms with Crippen LogP contribution < -0.4 is 10.2 Å². The Kier molecular flexibility index (Phi) is 5.18. The fourth-order valence-electron chi connectivity index (χ4n) is 1.95. The zero-order valence-corrected chi connectivity index (χ0v) is 14.6. The molecule has 0 saturated heterocycles. The summed E-state index contributed by atoms with van der Waals surface area (Å²) >= 11 is 2.08. The molecule has 122 valence electrons. The largest absolute Gasteiger partial charge is 0.418 e. The Labute approximate surface area is 145 Å². The highest BCUT2D eigenvalue weighted by molar-refractivity contribution is 14.1. The molecule has 0 aliphatic carbocycles. The first-order valence-corrected chi connectivity index (χ1v) is 7.72. The van der Waals surface area contributed by atoms with E-state index in [1.807, 2.05) is 0 Å². The van der Waals surface area contributed by atoms with Crippen LogP contribution in [0.15, 0.2) is 42.5 Å². The standard InChI is InChI=1S/C16H14F3IN2O/c1-22(2)12-7-8-14(13(9-12)16(17,18)19)21-15(23)10-3-5-11(20)6-4-10/h3-9H,1-2H3,(H,21,23). The van der Waals surface area contributed by atoms with Crippen LogP contribution in [0.2, 0.25) is 0 Å². The third-order valence-corrected chi connectivity index (χ3v) is 3.90. The molecule has 0 atom stereocenters. The molecule has 0 spiro atoms. The average Bonchev–Trinajstić information content (AvgIpc) is 2.46. The number of hydrogen-bond donors (Lipinski definition) is 1. The molecule has 0 unspecified atom stereocenters. The second-order valence-corrected chi connectivity index (χ2v) is 6.33. The quantitative estimate of drug-likeness (QED) is 0.715. The number of nitrogens with zero attached hydrogens (tertiary/aromatic N) is 1. The summed E-state index contributed by atoms with van der Waals surface area (Å²) < 4.78 is 40.6. The zero-order valence-electron chi connectivity index (χ0n) is 12.4. The summed E-state index contributed by atoms with van der Waals surface area (Å²) in [5.74, 6) is -0.579.